The molecule has 2 atom stereocenters. The molecule has 0 saturated heterocycles. The molecule has 1 saturated carbocycles. The van der Waals surface area contributed by atoms with Gasteiger partial charge < -0.3 is 0 Å². The zero-order chi connectivity index (χ0) is 15.9. The minimum atomic E-state index is 0.308. The Morgan fingerprint density at radius 1 is 1.00 bits per heavy atom. The number of hydrogen-bond acceptors (Lipinski definition) is 0. The molecule has 22 heavy (non-hydrogen) atoms. The van der Waals surface area contributed by atoms with Crippen molar-refractivity contribution in [2.45, 2.75) is 52.4 Å². The number of aryl methyl sites for hydroxylation is 2. The van der Waals surface area contributed by atoms with Gasteiger partial charge in [-0.15, -0.1) is 0 Å². The zero-order valence-electron chi connectivity index (χ0n) is 14.0. The van der Waals surface area contributed by atoms with Crippen molar-refractivity contribution in [3.8, 4) is 0 Å². The Balaban J connectivity index is 1.98. The highest BCUT2D eigenvalue weighted by Crippen LogP contribution is 2.70. The second-order valence-corrected chi connectivity index (χ2v) is 7.72. The van der Waals surface area contributed by atoms with Crippen LogP contribution in [0, 0.1) is 12.3 Å². The topological polar surface area (TPSA) is 0 Å². The molecule has 1 heteroatoms. The van der Waals surface area contributed by atoms with Crippen LogP contribution in [0.5, 0.6) is 0 Å². The third-order valence-electron chi connectivity index (χ3n) is 5.23. The lowest BCUT2D eigenvalue weighted by Gasteiger charge is -2.11. The first-order chi connectivity index (χ1) is 10.4. The van der Waals surface area contributed by atoms with Crippen LogP contribution in [0.25, 0.3) is 0 Å². The molecule has 1 fully saturated rings. The number of halogens is 1. The zero-order valence-corrected chi connectivity index (χ0v) is 14.7. The largest absolute Gasteiger partial charge is 0.0843 e. The highest BCUT2D eigenvalue weighted by molar-refractivity contribution is 6.30. The van der Waals surface area contributed by atoms with Crippen molar-refractivity contribution in [2.24, 2.45) is 5.41 Å². The molecule has 0 aliphatic heterocycles. The molecule has 116 valence electrons. The van der Waals surface area contributed by atoms with E-state index in [0.717, 1.165) is 11.4 Å². The standard InChI is InChI=1S/C21H25Cl/c1-5-6-15-11-12-17(22)13-18(15)20-19(21(20,3)4)16-9-7-14(2)8-10-16/h7-13,19-20H,5-6H2,1-4H3. The summed E-state index contributed by atoms with van der Waals surface area (Å²) >= 11 is 6.30. The van der Waals surface area contributed by atoms with Gasteiger partial charge in [-0.1, -0.05) is 74.7 Å². The smallest absolute Gasteiger partial charge is 0.0409 e. The molecule has 0 N–H and O–H groups in total. The van der Waals surface area contributed by atoms with Crippen molar-refractivity contribution in [3.63, 3.8) is 0 Å². The Morgan fingerprint density at radius 3 is 2.32 bits per heavy atom. The predicted octanol–water partition coefficient (Wildman–Crippen LogP) is 6.51. The third-order valence-corrected chi connectivity index (χ3v) is 5.46. The Morgan fingerprint density at radius 2 is 1.68 bits per heavy atom. The lowest BCUT2D eigenvalue weighted by Crippen LogP contribution is -1.96. The normalized spacial score (nSPS) is 22.6. The van der Waals surface area contributed by atoms with Crippen LogP contribution in [0.15, 0.2) is 42.5 Å². The molecule has 0 nitrogen and oxygen atoms in total. The molecule has 2 unspecified atom stereocenters. The van der Waals surface area contributed by atoms with E-state index in [1.54, 1.807) is 0 Å². The van der Waals surface area contributed by atoms with Crippen LogP contribution >= 0.6 is 11.6 Å². The van der Waals surface area contributed by atoms with Gasteiger partial charge in [0.2, 0.25) is 0 Å². The minimum Gasteiger partial charge on any atom is -0.0843 e. The van der Waals surface area contributed by atoms with Gasteiger partial charge in [-0.25, -0.2) is 0 Å². The molecule has 0 amide bonds. The first kappa shape index (κ1) is 15.6. The molecule has 0 radical (unpaired) electrons. The van der Waals surface area contributed by atoms with Crippen molar-refractivity contribution in [1.29, 1.82) is 0 Å². The molecule has 0 bridgehead atoms. The maximum absolute atomic E-state index is 6.30. The van der Waals surface area contributed by atoms with E-state index in [2.05, 4.69) is 64.1 Å². The SMILES string of the molecule is CCCc1ccc(Cl)cc1C1C(c2ccc(C)cc2)C1(C)C. The molecular weight excluding hydrogens is 288 g/mol. The van der Waals surface area contributed by atoms with Gasteiger partial charge in [0.1, 0.15) is 0 Å². The Labute approximate surface area is 139 Å². The Hall–Kier alpha value is -1.27. The van der Waals surface area contributed by atoms with E-state index in [1.807, 2.05) is 6.07 Å². The van der Waals surface area contributed by atoms with E-state index in [1.165, 1.54) is 28.7 Å². The van der Waals surface area contributed by atoms with E-state index in [-0.39, 0.29) is 0 Å². The maximum atomic E-state index is 6.30. The minimum absolute atomic E-state index is 0.308. The Bertz CT molecular complexity index is 667. The number of hydrogen-bond donors (Lipinski definition) is 0. The van der Waals surface area contributed by atoms with E-state index in [9.17, 15) is 0 Å². The van der Waals surface area contributed by atoms with Gasteiger partial charge in [0, 0.05) is 5.02 Å². The van der Waals surface area contributed by atoms with E-state index >= 15 is 0 Å². The molecule has 1 aliphatic rings. The lowest BCUT2D eigenvalue weighted by atomic mass is 9.95. The van der Waals surface area contributed by atoms with Crippen LogP contribution in [-0.4, -0.2) is 0 Å². The van der Waals surface area contributed by atoms with Crippen molar-refractivity contribution in [2.75, 3.05) is 0 Å². The summed E-state index contributed by atoms with van der Waals surface area (Å²) in [6.07, 6.45) is 2.32. The van der Waals surface area contributed by atoms with Crippen molar-refractivity contribution >= 4 is 11.6 Å². The van der Waals surface area contributed by atoms with E-state index < -0.39 is 0 Å². The fourth-order valence-corrected chi connectivity index (χ4v) is 4.15. The summed E-state index contributed by atoms with van der Waals surface area (Å²) < 4.78 is 0. The molecule has 3 rings (SSSR count). The lowest BCUT2D eigenvalue weighted by molar-refractivity contribution is 0.600. The molecular formula is C21H25Cl. The number of rotatable bonds is 4. The fourth-order valence-electron chi connectivity index (χ4n) is 3.97. The van der Waals surface area contributed by atoms with E-state index in [4.69, 9.17) is 11.6 Å². The average molecular weight is 313 g/mol. The second-order valence-electron chi connectivity index (χ2n) is 7.28. The summed E-state index contributed by atoms with van der Waals surface area (Å²) in [5.74, 6) is 1.18. The highest BCUT2D eigenvalue weighted by Gasteiger charge is 2.59. The predicted molar refractivity (Wildman–Crippen MR) is 95.9 cm³/mol. The molecule has 0 spiro atoms. The van der Waals surface area contributed by atoms with Crippen LogP contribution in [0.3, 0.4) is 0 Å². The van der Waals surface area contributed by atoms with Crippen LogP contribution in [0.1, 0.15) is 61.3 Å². The van der Waals surface area contributed by atoms with Crippen molar-refractivity contribution < 1.29 is 0 Å². The summed E-state index contributed by atoms with van der Waals surface area (Å²) in [4.78, 5) is 0. The molecule has 0 aromatic heterocycles. The third kappa shape index (κ3) is 2.70. The molecule has 2 aromatic rings. The summed E-state index contributed by atoms with van der Waals surface area (Å²) in [6, 6.07) is 15.5. The van der Waals surface area contributed by atoms with E-state index in [0.29, 0.717) is 17.3 Å². The first-order valence-electron chi connectivity index (χ1n) is 8.30. The van der Waals surface area contributed by atoms with Gasteiger partial charge in [0.25, 0.3) is 0 Å². The summed E-state index contributed by atoms with van der Waals surface area (Å²) in [5, 5.41) is 0.861. The van der Waals surface area contributed by atoms with Crippen molar-refractivity contribution in [3.05, 3.63) is 69.7 Å². The van der Waals surface area contributed by atoms with Gasteiger partial charge >= 0.3 is 0 Å². The fraction of sp³-hybridized carbons (Fsp3) is 0.429. The quantitative estimate of drug-likeness (QED) is 0.603. The molecule has 2 aromatic carbocycles. The van der Waals surface area contributed by atoms with Crippen LogP contribution in [0.2, 0.25) is 5.02 Å². The van der Waals surface area contributed by atoms with Gasteiger partial charge in [0.05, 0.1) is 0 Å². The number of benzene rings is 2. The van der Waals surface area contributed by atoms with Gasteiger partial charge in [-0.05, 0) is 59.4 Å². The monoisotopic (exact) mass is 312 g/mol. The molecule has 1 aliphatic carbocycles. The summed E-state index contributed by atoms with van der Waals surface area (Å²) in [5.41, 5.74) is 6.03. The average Bonchev–Trinajstić information content (AvgIpc) is 3.04. The van der Waals surface area contributed by atoms with Gasteiger partial charge in [-0.3, -0.25) is 0 Å². The summed E-state index contributed by atoms with van der Waals surface area (Å²) in [6.45, 7) is 9.17. The first-order valence-corrected chi connectivity index (χ1v) is 8.68. The van der Waals surface area contributed by atoms with Crippen LogP contribution in [-0.2, 0) is 6.42 Å². The van der Waals surface area contributed by atoms with Gasteiger partial charge in [-0.2, -0.15) is 0 Å². The second kappa shape index (κ2) is 5.74. The van der Waals surface area contributed by atoms with Gasteiger partial charge in [0.15, 0.2) is 0 Å². The maximum Gasteiger partial charge on any atom is 0.0409 e. The van der Waals surface area contributed by atoms with Crippen LogP contribution in [0.4, 0.5) is 0 Å². The highest BCUT2D eigenvalue weighted by atomic mass is 35.5. The molecule has 0 heterocycles. The van der Waals surface area contributed by atoms with Crippen LogP contribution < -0.4 is 0 Å². The summed E-state index contributed by atoms with van der Waals surface area (Å²) in [7, 11) is 0. The Kier molecular flexibility index (Phi) is 4.07. The van der Waals surface area contributed by atoms with Crippen molar-refractivity contribution in [1.82, 2.24) is 0 Å².